The van der Waals surface area contributed by atoms with Gasteiger partial charge < -0.3 is 14.8 Å². The van der Waals surface area contributed by atoms with Gasteiger partial charge in [0.2, 0.25) is 0 Å². The van der Waals surface area contributed by atoms with Crippen LogP contribution < -0.4 is 5.32 Å². The quantitative estimate of drug-likeness (QED) is 0.561. The first-order valence-electron chi connectivity index (χ1n) is 5.72. The Hall–Kier alpha value is -1.10. The Balaban J connectivity index is 2.82. The third kappa shape index (κ3) is 2.52. The number of hydrogen-bond donors (Lipinski definition) is 1. The topological polar surface area (TPSA) is 64.6 Å². The maximum atomic E-state index is 11.9. The summed E-state index contributed by atoms with van der Waals surface area (Å²) in [5.41, 5.74) is -1.13. The van der Waals surface area contributed by atoms with Gasteiger partial charge >= 0.3 is 11.9 Å². The molecule has 0 aromatic rings. The van der Waals surface area contributed by atoms with Crippen LogP contribution in [0.15, 0.2) is 0 Å². The number of esters is 2. The zero-order valence-electron chi connectivity index (χ0n) is 9.88. The highest BCUT2D eigenvalue weighted by Crippen LogP contribution is 2.29. The summed E-state index contributed by atoms with van der Waals surface area (Å²) >= 11 is 0. The van der Waals surface area contributed by atoms with Crippen molar-refractivity contribution in [2.75, 3.05) is 26.3 Å². The molecule has 0 amide bonds. The van der Waals surface area contributed by atoms with Crippen LogP contribution in [0, 0.1) is 5.41 Å². The molecule has 1 rings (SSSR count). The minimum absolute atomic E-state index is 0.278. The lowest BCUT2D eigenvalue weighted by molar-refractivity contribution is -0.173. The average molecular weight is 229 g/mol. The van der Waals surface area contributed by atoms with E-state index < -0.39 is 17.4 Å². The van der Waals surface area contributed by atoms with Crippen molar-refractivity contribution < 1.29 is 19.1 Å². The van der Waals surface area contributed by atoms with E-state index in [0.717, 1.165) is 13.0 Å². The number of hydrogen-bond acceptors (Lipinski definition) is 5. The predicted molar refractivity (Wildman–Crippen MR) is 57.8 cm³/mol. The molecular formula is C11H19NO4. The van der Waals surface area contributed by atoms with Crippen LogP contribution in [0.2, 0.25) is 0 Å². The molecule has 1 heterocycles. The molecule has 1 fully saturated rings. The van der Waals surface area contributed by atoms with Crippen molar-refractivity contribution >= 4 is 11.9 Å². The maximum absolute atomic E-state index is 11.9. The molecule has 0 aliphatic carbocycles. The first-order chi connectivity index (χ1) is 7.67. The Kier molecular flexibility index (Phi) is 4.73. The van der Waals surface area contributed by atoms with Gasteiger partial charge in [0.15, 0.2) is 5.41 Å². The van der Waals surface area contributed by atoms with Crippen molar-refractivity contribution in [2.24, 2.45) is 5.41 Å². The highest BCUT2D eigenvalue weighted by atomic mass is 16.6. The summed E-state index contributed by atoms with van der Waals surface area (Å²) in [7, 11) is 0. The largest absolute Gasteiger partial charge is 0.465 e. The number of ether oxygens (including phenoxy) is 2. The fourth-order valence-corrected chi connectivity index (χ4v) is 1.88. The van der Waals surface area contributed by atoms with E-state index in [1.807, 2.05) is 0 Å². The predicted octanol–water partition coefficient (Wildman–Crippen LogP) is 0.482. The molecule has 0 aromatic heterocycles. The smallest absolute Gasteiger partial charge is 0.324 e. The van der Waals surface area contributed by atoms with Crippen LogP contribution in [-0.4, -0.2) is 38.2 Å². The van der Waals surface area contributed by atoms with Crippen molar-refractivity contribution in [3.63, 3.8) is 0 Å². The third-order valence-corrected chi connectivity index (χ3v) is 2.72. The van der Waals surface area contributed by atoms with Gasteiger partial charge in [-0.2, -0.15) is 0 Å². The molecule has 1 aliphatic heterocycles. The summed E-state index contributed by atoms with van der Waals surface area (Å²) in [6, 6.07) is 0. The first-order valence-corrected chi connectivity index (χ1v) is 5.72. The summed E-state index contributed by atoms with van der Waals surface area (Å²) in [6.07, 6.45) is 1.27. The first kappa shape index (κ1) is 13.0. The summed E-state index contributed by atoms with van der Waals surface area (Å²) in [4.78, 5) is 23.7. The molecule has 5 nitrogen and oxygen atoms in total. The molecule has 0 saturated carbocycles. The number of nitrogens with one attached hydrogen (secondary N) is 1. The molecule has 1 N–H and O–H groups in total. The molecule has 0 spiro atoms. The van der Waals surface area contributed by atoms with Gasteiger partial charge in [0, 0.05) is 6.54 Å². The van der Waals surface area contributed by atoms with E-state index in [0.29, 0.717) is 13.0 Å². The molecular weight excluding hydrogens is 210 g/mol. The highest BCUT2D eigenvalue weighted by Gasteiger charge is 2.49. The van der Waals surface area contributed by atoms with Gasteiger partial charge in [-0.3, -0.25) is 9.59 Å². The molecule has 0 unspecified atom stereocenters. The van der Waals surface area contributed by atoms with Gasteiger partial charge in [-0.25, -0.2) is 0 Å². The average Bonchev–Trinajstić information content (AvgIpc) is 2.30. The molecule has 16 heavy (non-hydrogen) atoms. The van der Waals surface area contributed by atoms with Crippen LogP contribution >= 0.6 is 0 Å². The lowest BCUT2D eigenvalue weighted by Gasteiger charge is -2.32. The Morgan fingerprint density at radius 2 is 1.75 bits per heavy atom. The zero-order chi connectivity index (χ0) is 12.0. The Morgan fingerprint density at radius 3 is 2.12 bits per heavy atom. The van der Waals surface area contributed by atoms with Crippen LogP contribution in [0.5, 0.6) is 0 Å². The van der Waals surface area contributed by atoms with Gasteiger partial charge in [0.05, 0.1) is 13.2 Å². The Morgan fingerprint density at radius 1 is 1.19 bits per heavy atom. The van der Waals surface area contributed by atoms with Crippen molar-refractivity contribution in [3.05, 3.63) is 0 Å². The van der Waals surface area contributed by atoms with Gasteiger partial charge in [-0.15, -0.1) is 0 Å². The highest BCUT2D eigenvalue weighted by molar-refractivity contribution is 6.00. The second-order valence-electron chi connectivity index (χ2n) is 3.80. The minimum Gasteiger partial charge on any atom is -0.465 e. The summed E-state index contributed by atoms with van der Waals surface area (Å²) in [6.45, 7) is 5.14. The number of carbonyl (C=O) groups excluding carboxylic acids is 2. The van der Waals surface area contributed by atoms with E-state index in [4.69, 9.17) is 9.47 Å². The van der Waals surface area contributed by atoms with Crippen molar-refractivity contribution in [3.8, 4) is 0 Å². The van der Waals surface area contributed by atoms with Gasteiger partial charge in [-0.1, -0.05) is 0 Å². The van der Waals surface area contributed by atoms with Crippen molar-refractivity contribution in [2.45, 2.75) is 26.7 Å². The fraction of sp³-hybridized carbons (Fsp3) is 0.818. The van der Waals surface area contributed by atoms with E-state index in [9.17, 15) is 9.59 Å². The van der Waals surface area contributed by atoms with Crippen LogP contribution in [0.4, 0.5) is 0 Å². The summed E-state index contributed by atoms with van der Waals surface area (Å²) in [5, 5.41) is 3.05. The molecule has 0 aromatic carbocycles. The SMILES string of the molecule is CCOC(=O)C1(C(=O)OCC)CCCNC1. The molecule has 5 heteroatoms. The van der Waals surface area contributed by atoms with Crippen LogP contribution in [0.3, 0.4) is 0 Å². The molecule has 92 valence electrons. The molecule has 0 atom stereocenters. The van der Waals surface area contributed by atoms with Gasteiger partial charge in [-0.05, 0) is 33.2 Å². The lowest BCUT2D eigenvalue weighted by atomic mass is 9.80. The van der Waals surface area contributed by atoms with E-state index in [-0.39, 0.29) is 13.2 Å². The Labute approximate surface area is 95.5 Å². The van der Waals surface area contributed by atoms with E-state index in [1.165, 1.54) is 0 Å². The Bertz CT molecular complexity index is 239. The standard InChI is InChI=1S/C11H19NO4/c1-3-15-9(13)11(10(14)16-4-2)6-5-7-12-8-11/h12H,3-8H2,1-2H3. The van der Waals surface area contributed by atoms with Gasteiger partial charge in [0.25, 0.3) is 0 Å². The normalized spacial score (nSPS) is 18.9. The van der Waals surface area contributed by atoms with E-state index in [1.54, 1.807) is 13.8 Å². The van der Waals surface area contributed by atoms with Crippen LogP contribution in [0.25, 0.3) is 0 Å². The molecule has 0 radical (unpaired) electrons. The molecule has 1 saturated heterocycles. The zero-order valence-corrected chi connectivity index (χ0v) is 9.88. The van der Waals surface area contributed by atoms with E-state index in [2.05, 4.69) is 5.32 Å². The van der Waals surface area contributed by atoms with Crippen LogP contribution in [0.1, 0.15) is 26.7 Å². The van der Waals surface area contributed by atoms with Crippen molar-refractivity contribution in [1.29, 1.82) is 0 Å². The maximum Gasteiger partial charge on any atom is 0.324 e. The number of piperidine rings is 1. The second-order valence-corrected chi connectivity index (χ2v) is 3.80. The van der Waals surface area contributed by atoms with E-state index >= 15 is 0 Å². The number of carbonyl (C=O) groups is 2. The lowest BCUT2D eigenvalue weighted by Crippen LogP contribution is -2.52. The molecule has 0 bridgehead atoms. The summed E-state index contributed by atoms with van der Waals surface area (Å²) < 4.78 is 9.94. The van der Waals surface area contributed by atoms with Gasteiger partial charge in [0.1, 0.15) is 0 Å². The third-order valence-electron chi connectivity index (χ3n) is 2.72. The summed E-state index contributed by atoms with van der Waals surface area (Å²) in [5.74, 6) is -0.943. The fourth-order valence-electron chi connectivity index (χ4n) is 1.88. The second kappa shape index (κ2) is 5.84. The van der Waals surface area contributed by atoms with Crippen LogP contribution in [-0.2, 0) is 19.1 Å². The monoisotopic (exact) mass is 229 g/mol. The molecule has 1 aliphatic rings. The van der Waals surface area contributed by atoms with Crippen molar-refractivity contribution in [1.82, 2.24) is 5.32 Å². The number of rotatable bonds is 4. The minimum atomic E-state index is -1.13.